The molecule has 0 unspecified atom stereocenters. The van der Waals surface area contributed by atoms with Crippen molar-refractivity contribution in [1.82, 2.24) is 14.7 Å². The largest absolute Gasteiger partial charge is 0.464 e. The van der Waals surface area contributed by atoms with Crippen LogP contribution in [0.5, 0.6) is 0 Å². The predicted molar refractivity (Wildman–Crippen MR) is 73.3 cm³/mol. The van der Waals surface area contributed by atoms with E-state index in [1.807, 2.05) is 0 Å². The van der Waals surface area contributed by atoms with E-state index >= 15 is 0 Å². The molecule has 6 heteroatoms. The van der Waals surface area contributed by atoms with Gasteiger partial charge in [0.15, 0.2) is 0 Å². The molecule has 1 saturated heterocycles. The first kappa shape index (κ1) is 14.3. The normalized spacial score (nSPS) is 16.0. The molecule has 2 rings (SSSR count). The van der Waals surface area contributed by atoms with Crippen molar-refractivity contribution in [3.05, 3.63) is 30.1 Å². The highest BCUT2D eigenvalue weighted by Gasteiger charge is 2.25. The number of ether oxygens (including phenoxy) is 1. The van der Waals surface area contributed by atoms with Gasteiger partial charge in [-0.05, 0) is 25.0 Å². The van der Waals surface area contributed by atoms with Crippen molar-refractivity contribution in [3.63, 3.8) is 0 Å². The minimum absolute atomic E-state index is 0.0280. The molecule has 0 N–H and O–H groups in total. The molecule has 1 amide bonds. The summed E-state index contributed by atoms with van der Waals surface area (Å²) in [6.07, 6.45) is 3.03. The van der Waals surface area contributed by atoms with E-state index in [4.69, 9.17) is 4.74 Å². The Balaban J connectivity index is 2.06. The smallest absolute Gasteiger partial charge is 0.356 e. The van der Waals surface area contributed by atoms with E-state index < -0.39 is 0 Å². The van der Waals surface area contributed by atoms with Gasteiger partial charge in [0, 0.05) is 26.1 Å². The van der Waals surface area contributed by atoms with Crippen LogP contribution in [0, 0.1) is 0 Å². The molecule has 6 nitrogen and oxygen atoms in total. The fraction of sp³-hybridized carbons (Fsp3) is 0.500. The molecule has 1 aliphatic rings. The molecular formula is C14H19N3O3. The van der Waals surface area contributed by atoms with Gasteiger partial charge in [-0.25, -0.2) is 4.79 Å². The molecule has 1 aromatic heterocycles. The van der Waals surface area contributed by atoms with Crippen molar-refractivity contribution in [1.29, 1.82) is 0 Å². The first-order valence-electron chi connectivity index (χ1n) is 6.60. The van der Waals surface area contributed by atoms with Crippen molar-refractivity contribution in [2.24, 2.45) is 7.05 Å². The molecule has 20 heavy (non-hydrogen) atoms. The number of amides is 1. The summed E-state index contributed by atoms with van der Waals surface area (Å²) in [6.45, 7) is 4.89. The minimum Gasteiger partial charge on any atom is -0.464 e. The second-order valence-electron chi connectivity index (χ2n) is 4.87. The molecule has 0 atom stereocenters. The van der Waals surface area contributed by atoms with Gasteiger partial charge in [0.2, 0.25) is 5.91 Å². The van der Waals surface area contributed by atoms with Gasteiger partial charge in [0.25, 0.3) is 0 Å². The average molecular weight is 277 g/mol. The molecule has 0 saturated carbocycles. The Morgan fingerprint density at radius 1 is 1.45 bits per heavy atom. The molecular weight excluding hydrogens is 258 g/mol. The van der Waals surface area contributed by atoms with Crippen LogP contribution >= 0.6 is 0 Å². The number of esters is 1. The summed E-state index contributed by atoms with van der Waals surface area (Å²) in [5.41, 5.74) is 1.34. The predicted octanol–water partition coefficient (Wildman–Crippen LogP) is 1.10. The molecule has 0 bridgehead atoms. The van der Waals surface area contributed by atoms with E-state index in [0.29, 0.717) is 18.8 Å². The summed E-state index contributed by atoms with van der Waals surface area (Å²) < 4.78 is 6.26. The van der Waals surface area contributed by atoms with Crippen LogP contribution in [0.1, 0.15) is 34.9 Å². The Morgan fingerprint density at radius 2 is 2.10 bits per heavy atom. The maximum absolute atomic E-state index is 11.6. The van der Waals surface area contributed by atoms with E-state index in [-0.39, 0.29) is 17.8 Å². The van der Waals surface area contributed by atoms with Crippen LogP contribution in [-0.4, -0.2) is 46.8 Å². The minimum atomic E-state index is -0.384. The van der Waals surface area contributed by atoms with Gasteiger partial charge in [0.1, 0.15) is 5.69 Å². The number of rotatable bonds is 3. The van der Waals surface area contributed by atoms with Crippen LogP contribution in [0.3, 0.4) is 0 Å². The van der Waals surface area contributed by atoms with Gasteiger partial charge >= 0.3 is 5.97 Å². The average Bonchev–Trinajstić information content (AvgIpc) is 2.87. The maximum Gasteiger partial charge on any atom is 0.356 e. The van der Waals surface area contributed by atoms with E-state index in [9.17, 15) is 9.59 Å². The number of carbonyl (C=O) groups is 2. The highest BCUT2D eigenvalue weighted by Crippen LogP contribution is 2.27. The lowest BCUT2D eigenvalue weighted by Crippen LogP contribution is -2.36. The number of likely N-dealkylation sites (tertiary alicyclic amines) is 1. The monoisotopic (exact) mass is 277 g/mol. The zero-order chi connectivity index (χ0) is 14.7. The number of carbonyl (C=O) groups excluding carboxylic acids is 2. The van der Waals surface area contributed by atoms with Crippen LogP contribution in [0.4, 0.5) is 0 Å². The lowest BCUT2D eigenvalue weighted by atomic mass is 9.93. The van der Waals surface area contributed by atoms with Crippen molar-refractivity contribution in [2.75, 3.05) is 20.2 Å². The fourth-order valence-corrected chi connectivity index (χ4v) is 2.51. The molecule has 1 aliphatic heterocycles. The number of piperidine rings is 1. The van der Waals surface area contributed by atoms with Crippen LogP contribution in [0.2, 0.25) is 0 Å². The van der Waals surface area contributed by atoms with E-state index in [1.54, 1.807) is 22.7 Å². The summed E-state index contributed by atoms with van der Waals surface area (Å²) in [6, 6.07) is 1.78. The standard InChI is InChI=1S/C14H19N3O3/c1-4-13(18)17-7-5-10(6-8-17)11-9-12(14(19)20-3)16(2)15-11/h4,9-10H,1,5-8H2,2-3H3. The van der Waals surface area contributed by atoms with Crippen LogP contribution in [-0.2, 0) is 16.6 Å². The molecule has 2 heterocycles. The number of aromatic nitrogens is 2. The lowest BCUT2D eigenvalue weighted by molar-refractivity contribution is -0.127. The molecule has 1 fully saturated rings. The van der Waals surface area contributed by atoms with Gasteiger partial charge in [-0.2, -0.15) is 5.10 Å². The first-order valence-corrected chi connectivity index (χ1v) is 6.60. The number of nitrogens with zero attached hydrogens (tertiary/aromatic N) is 3. The topological polar surface area (TPSA) is 64.4 Å². The van der Waals surface area contributed by atoms with Gasteiger partial charge in [-0.15, -0.1) is 0 Å². The molecule has 0 aliphatic carbocycles. The van der Waals surface area contributed by atoms with Crippen LogP contribution in [0.25, 0.3) is 0 Å². The zero-order valence-corrected chi connectivity index (χ0v) is 11.8. The number of hydrogen-bond donors (Lipinski definition) is 0. The van der Waals surface area contributed by atoms with Gasteiger partial charge < -0.3 is 9.64 Å². The highest BCUT2D eigenvalue weighted by atomic mass is 16.5. The van der Waals surface area contributed by atoms with E-state index in [0.717, 1.165) is 18.5 Å². The van der Waals surface area contributed by atoms with Crippen molar-refractivity contribution < 1.29 is 14.3 Å². The second-order valence-corrected chi connectivity index (χ2v) is 4.87. The van der Waals surface area contributed by atoms with Crippen molar-refractivity contribution in [3.8, 4) is 0 Å². The Morgan fingerprint density at radius 3 is 2.65 bits per heavy atom. The molecule has 1 aromatic rings. The number of methoxy groups -OCH3 is 1. The summed E-state index contributed by atoms with van der Waals surface area (Å²) in [7, 11) is 3.08. The lowest BCUT2D eigenvalue weighted by Gasteiger charge is -2.30. The number of aryl methyl sites for hydroxylation is 1. The maximum atomic E-state index is 11.6. The van der Waals surface area contributed by atoms with Gasteiger partial charge in [0.05, 0.1) is 12.8 Å². The zero-order valence-electron chi connectivity index (χ0n) is 11.8. The SMILES string of the molecule is C=CC(=O)N1CCC(c2cc(C(=O)OC)n(C)n2)CC1. The Bertz CT molecular complexity index is 528. The Labute approximate surface area is 118 Å². The summed E-state index contributed by atoms with van der Waals surface area (Å²) in [4.78, 5) is 24.9. The Hall–Kier alpha value is -2.11. The van der Waals surface area contributed by atoms with E-state index in [1.165, 1.54) is 13.2 Å². The molecule has 0 spiro atoms. The molecule has 0 radical (unpaired) electrons. The molecule has 108 valence electrons. The third-order valence-electron chi connectivity index (χ3n) is 3.69. The third kappa shape index (κ3) is 2.74. The highest BCUT2D eigenvalue weighted by molar-refractivity contribution is 5.87. The quantitative estimate of drug-likeness (QED) is 0.613. The second kappa shape index (κ2) is 5.90. The number of hydrogen-bond acceptors (Lipinski definition) is 4. The summed E-state index contributed by atoms with van der Waals surface area (Å²) in [5.74, 6) is -0.140. The Kier molecular flexibility index (Phi) is 4.22. The third-order valence-corrected chi connectivity index (χ3v) is 3.69. The van der Waals surface area contributed by atoms with Crippen molar-refractivity contribution in [2.45, 2.75) is 18.8 Å². The van der Waals surface area contributed by atoms with Crippen LogP contribution < -0.4 is 0 Å². The van der Waals surface area contributed by atoms with E-state index in [2.05, 4.69) is 11.7 Å². The van der Waals surface area contributed by atoms with Gasteiger partial charge in [-0.1, -0.05) is 6.58 Å². The van der Waals surface area contributed by atoms with Crippen LogP contribution in [0.15, 0.2) is 18.7 Å². The van der Waals surface area contributed by atoms with Crippen molar-refractivity contribution >= 4 is 11.9 Å². The first-order chi connectivity index (χ1) is 9.56. The molecule has 0 aromatic carbocycles. The fourth-order valence-electron chi connectivity index (χ4n) is 2.51. The van der Waals surface area contributed by atoms with Gasteiger partial charge in [-0.3, -0.25) is 9.48 Å². The summed E-state index contributed by atoms with van der Waals surface area (Å²) >= 11 is 0. The summed E-state index contributed by atoms with van der Waals surface area (Å²) in [5, 5.41) is 4.39.